The number of carbonyl (C=O) groups excluding carboxylic acids is 1. The molecule has 1 amide bonds. The molecule has 9 nitrogen and oxygen atoms in total. The highest BCUT2D eigenvalue weighted by molar-refractivity contribution is 7.89. The third-order valence-electron chi connectivity index (χ3n) is 5.48. The summed E-state index contributed by atoms with van der Waals surface area (Å²) in [5, 5.41) is 7.29. The first-order valence-corrected chi connectivity index (χ1v) is 12.2. The van der Waals surface area contributed by atoms with Crippen LogP contribution < -0.4 is 10.0 Å². The Hall–Kier alpha value is -2.98. The maximum Gasteiger partial charge on any atom is 0.407 e. The van der Waals surface area contributed by atoms with Crippen LogP contribution in [0.1, 0.15) is 45.1 Å². The van der Waals surface area contributed by atoms with Gasteiger partial charge in [-0.25, -0.2) is 17.9 Å². The van der Waals surface area contributed by atoms with Gasteiger partial charge < -0.3 is 14.6 Å². The molecule has 0 radical (unpaired) electrons. The van der Waals surface area contributed by atoms with E-state index in [2.05, 4.69) is 20.2 Å². The molecule has 0 aliphatic heterocycles. The van der Waals surface area contributed by atoms with Crippen LogP contribution in [0.4, 0.5) is 4.79 Å². The number of ether oxygens (including phenoxy) is 1. The molecule has 4 rings (SSSR count). The molecule has 3 aromatic rings. The van der Waals surface area contributed by atoms with E-state index in [1.165, 1.54) is 0 Å². The van der Waals surface area contributed by atoms with E-state index in [-0.39, 0.29) is 17.0 Å². The Kier molecular flexibility index (Phi) is 5.92. The monoisotopic (exact) mass is 472 g/mol. The zero-order valence-electron chi connectivity index (χ0n) is 19.3. The molecule has 2 aromatic heterocycles. The normalized spacial score (nSPS) is 18.7. The minimum atomic E-state index is -3.85. The molecule has 1 aliphatic rings. The number of sulfonamides is 1. The van der Waals surface area contributed by atoms with E-state index in [0.717, 1.165) is 5.56 Å². The number of carbonyl (C=O) groups is 1. The van der Waals surface area contributed by atoms with Gasteiger partial charge in [-0.15, -0.1) is 0 Å². The topological polar surface area (TPSA) is 123 Å². The highest BCUT2D eigenvalue weighted by Gasteiger charge is 2.35. The van der Waals surface area contributed by atoms with E-state index in [0.29, 0.717) is 40.8 Å². The van der Waals surface area contributed by atoms with Crippen molar-refractivity contribution in [2.45, 2.75) is 70.0 Å². The number of nitrogens with zero attached hydrogens (tertiary/aromatic N) is 2. The van der Waals surface area contributed by atoms with Crippen LogP contribution in [0, 0.1) is 13.8 Å². The van der Waals surface area contributed by atoms with E-state index >= 15 is 0 Å². The number of fused-ring (bicyclic) bond motifs is 1. The van der Waals surface area contributed by atoms with Crippen LogP contribution in [0.2, 0.25) is 0 Å². The summed E-state index contributed by atoms with van der Waals surface area (Å²) in [5.74, 6) is 0.606. The second-order valence-corrected chi connectivity index (χ2v) is 11.1. The van der Waals surface area contributed by atoms with Crippen LogP contribution in [0.25, 0.3) is 22.0 Å². The van der Waals surface area contributed by atoms with E-state index in [9.17, 15) is 13.2 Å². The predicted molar refractivity (Wildman–Crippen MR) is 123 cm³/mol. The number of hydrogen-bond acceptors (Lipinski definition) is 7. The summed E-state index contributed by atoms with van der Waals surface area (Å²) in [6.45, 7) is 8.98. The van der Waals surface area contributed by atoms with Crippen LogP contribution in [-0.4, -0.2) is 42.3 Å². The SMILES string of the molecule is Cc1noc(C)c1-c1cc(S(=O)(=O)N[C@H]2C[C@@H](NC(=O)OC(C)(C)C)C2)c2cccnc2c1. The van der Waals surface area contributed by atoms with Crippen LogP contribution in [0.15, 0.2) is 39.9 Å². The first-order valence-electron chi connectivity index (χ1n) is 10.8. The van der Waals surface area contributed by atoms with E-state index in [1.807, 2.05) is 13.0 Å². The van der Waals surface area contributed by atoms with Crippen LogP contribution in [0.5, 0.6) is 0 Å². The molecule has 10 heteroatoms. The van der Waals surface area contributed by atoms with E-state index in [4.69, 9.17) is 9.26 Å². The molecule has 0 atom stereocenters. The Bertz CT molecular complexity index is 1280. The highest BCUT2D eigenvalue weighted by Crippen LogP contribution is 2.33. The van der Waals surface area contributed by atoms with Gasteiger partial charge in [0, 0.05) is 29.2 Å². The molecule has 33 heavy (non-hydrogen) atoms. The molecule has 0 bridgehead atoms. The summed E-state index contributed by atoms with van der Waals surface area (Å²) >= 11 is 0. The lowest BCUT2D eigenvalue weighted by molar-refractivity contribution is 0.0470. The molecule has 0 unspecified atom stereocenters. The fraction of sp³-hybridized carbons (Fsp3) is 0.435. The van der Waals surface area contributed by atoms with Crippen molar-refractivity contribution in [1.82, 2.24) is 20.2 Å². The van der Waals surface area contributed by atoms with Crippen molar-refractivity contribution in [2.24, 2.45) is 0 Å². The summed E-state index contributed by atoms with van der Waals surface area (Å²) in [5.41, 5.74) is 2.08. The molecule has 2 heterocycles. The molecule has 1 aliphatic carbocycles. The summed E-state index contributed by atoms with van der Waals surface area (Å²) in [4.78, 5) is 16.4. The molecular weight excluding hydrogens is 444 g/mol. The minimum Gasteiger partial charge on any atom is -0.444 e. The summed E-state index contributed by atoms with van der Waals surface area (Å²) in [6.07, 6.45) is 2.09. The van der Waals surface area contributed by atoms with Gasteiger partial charge in [0.2, 0.25) is 10.0 Å². The van der Waals surface area contributed by atoms with Gasteiger partial charge in [-0.1, -0.05) is 5.16 Å². The zero-order chi connectivity index (χ0) is 24.0. The Morgan fingerprint density at radius 3 is 2.55 bits per heavy atom. The van der Waals surface area contributed by atoms with Gasteiger partial charge in [0.15, 0.2) is 0 Å². The van der Waals surface area contributed by atoms with Crippen LogP contribution in [-0.2, 0) is 14.8 Å². The largest absolute Gasteiger partial charge is 0.444 e. The standard InChI is InChI=1S/C23H28N4O5S/c1-13-21(14(2)32-26-13)15-9-19-18(7-6-8-24-19)20(10-15)33(29,30)27-17-11-16(12-17)25-22(28)31-23(3,4)5/h6-10,16-17,27H,11-12H2,1-5H3,(H,25,28)/t16-,17+. The molecule has 2 N–H and O–H groups in total. The third kappa shape index (κ3) is 5.01. The van der Waals surface area contributed by atoms with Crippen LogP contribution in [0.3, 0.4) is 0 Å². The number of alkyl carbamates (subject to hydrolysis) is 1. The Balaban J connectivity index is 1.56. The maximum atomic E-state index is 13.4. The van der Waals surface area contributed by atoms with Crippen molar-refractivity contribution in [3.63, 3.8) is 0 Å². The van der Waals surface area contributed by atoms with Crippen LogP contribution >= 0.6 is 0 Å². The molecule has 176 valence electrons. The van der Waals surface area contributed by atoms with Crippen molar-refractivity contribution < 1.29 is 22.5 Å². The molecule has 1 aromatic carbocycles. The smallest absolute Gasteiger partial charge is 0.407 e. The fourth-order valence-electron chi connectivity index (χ4n) is 4.00. The minimum absolute atomic E-state index is 0.139. The first-order chi connectivity index (χ1) is 15.4. The van der Waals surface area contributed by atoms with Crippen molar-refractivity contribution >= 4 is 27.0 Å². The quantitative estimate of drug-likeness (QED) is 0.578. The van der Waals surface area contributed by atoms with Gasteiger partial charge in [0.25, 0.3) is 0 Å². The average Bonchev–Trinajstić information content (AvgIpc) is 3.02. The lowest BCUT2D eigenvalue weighted by atomic mass is 9.88. The Labute approximate surface area is 192 Å². The lowest BCUT2D eigenvalue weighted by Gasteiger charge is -2.36. The molecule has 1 fully saturated rings. The Morgan fingerprint density at radius 2 is 1.91 bits per heavy atom. The molecular formula is C23H28N4O5S. The second kappa shape index (κ2) is 8.42. The van der Waals surface area contributed by atoms with Crippen molar-refractivity contribution in [3.8, 4) is 11.1 Å². The van der Waals surface area contributed by atoms with E-state index < -0.39 is 21.7 Å². The van der Waals surface area contributed by atoms with Crippen molar-refractivity contribution in [3.05, 3.63) is 41.9 Å². The van der Waals surface area contributed by atoms with Gasteiger partial charge in [-0.05, 0) is 77.3 Å². The number of amides is 1. The lowest BCUT2D eigenvalue weighted by Crippen LogP contribution is -2.54. The molecule has 0 saturated heterocycles. The van der Waals surface area contributed by atoms with Gasteiger partial charge in [0.05, 0.1) is 16.1 Å². The first kappa shape index (κ1) is 23.2. The third-order valence-corrected chi connectivity index (χ3v) is 7.04. The number of pyridine rings is 1. The molecule has 1 saturated carbocycles. The number of nitrogens with one attached hydrogen (secondary N) is 2. The maximum absolute atomic E-state index is 13.4. The summed E-state index contributed by atoms with van der Waals surface area (Å²) in [7, 11) is -3.85. The molecule has 0 spiro atoms. The van der Waals surface area contributed by atoms with Crippen molar-refractivity contribution in [1.29, 1.82) is 0 Å². The highest BCUT2D eigenvalue weighted by atomic mass is 32.2. The Morgan fingerprint density at radius 1 is 1.18 bits per heavy atom. The summed E-state index contributed by atoms with van der Waals surface area (Å²) < 4.78 is 40.0. The second-order valence-electron chi connectivity index (χ2n) is 9.38. The average molecular weight is 473 g/mol. The predicted octanol–water partition coefficient (Wildman–Crippen LogP) is 3.84. The van der Waals surface area contributed by atoms with Gasteiger partial charge >= 0.3 is 6.09 Å². The zero-order valence-corrected chi connectivity index (χ0v) is 20.1. The fourth-order valence-corrected chi connectivity index (χ4v) is 5.50. The number of aryl methyl sites for hydroxylation is 2. The van der Waals surface area contributed by atoms with E-state index in [1.54, 1.807) is 52.1 Å². The van der Waals surface area contributed by atoms with Crippen molar-refractivity contribution in [2.75, 3.05) is 0 Å². The number of benzene rings is 1. The van der Waals surface area contributed by atoms with Gasteiger partial charge in [0.1, 0.15) is 11.4 Å². The van der Waals surface area contributed by atoms with Gasteiger partial charge in [-0.3, -0.25) is 4.98 Å². The number of aromatic nitrogens is 2. The summed E-state index contributed by atoms with van der Waals surface area (Å²) in [6, 6.07) is 6.49. The number of hydrogen-bond donors (Lipinski definition) is 2. The van der Waals surface area contributed by atoms with Gasteiger partial charge in [-0.2, -0.15) is 0 Å². The number of rotatable bonds is 5.